The normalized spacial score (nSPS) is 40.0. The Kier molecular flexibility index (Phi) is 10.9. The summed E-state index contributed by atoms with van der Waals surface area (Å²) < 4.78 is 22.6. The summed E-state index contributed by atoms with van der Waals surface area (Å²) in [6, 6.07) is -2.04. The summed E-state index contributed by atoms with van der Waals surface area (Å²) in [4.78, 5) is 23.8. The summed E-state index contributed by atoms with van der Waals surface area (Å²) in [6.07, 6.45) is -8.89. The van der Waals surface area contributed by atoms with Crippen LogP contribution in [0, 0.1) is 0 Å². The molecule has 32 heavy (non-hydrogen) atoms. The highest BCUT2D eigenvalue weighted by Crippen LogP contribution is 2.30. The minimum atomic E-state index is -1.36. The van der Waals surface area contributed by atoms with Crippen LogP contribution in [0.5, 0.6) is 0 Å². The van der Waals surface area contributed by atoms with Gasteiger partial charge in [-0.1, -0.05) is 0 Å². The number of rotatable bonds is 9. The number of carbonyl (C=O) groups excluding carboxylic acids is 2. The molecule has 2 aliphatic rings. The third-order valence-corrected chi connectivity index (χ3v) is 6.08. The van der Waals surface area contributed by atoms with Gasteiger partial charge in [0.2, 0.25) is 11.8 Å². The molecule has 2 aliphatic heterocycles. The van der Waals surface area contributed by atoms with Crippen molar-refractivity contribution < 1.29 is 49.0 Å². The van der Waals surface area contributed by atoms with E-state index in [-0.39, 0.29) is 11.5 Å². The van der Waals surface area contributed by atoms with E-state index in [0.717, 1.165) is 0 Å². The van der Waals surface area contributed by atoms with Crippen molar-refractivity contribution in [2.24, 2.45) is 0 Å². The highest BCUT2D eigenvalue weighted by atomic mass is 32.1. The number of aliphatic hydroxyl groups is 4. The van der Waals surface area contributed by atoms with E-state index >= 15 is 0 Å². The van der Waals surface area contributed by atoms with Crippen LogP contribution < -0.4 is 10.6 Å². The first-order valence-electron chi connectivity index (χ1n) is 10.1. The van der Waals surface area contributed by atoms with Gasteiger partial charge in [-0.25, -0.2) is 0 Å². The summed E-state index contributed by atoms with van der Waals surface area (Å²) in [5, 5.41) is 46.3. The lowest BCUT2D eigenvalue weighted by Gasteiger charge is -2.48. The highest BCUT2D eigenvalue weighted by Gasteiger charge is 2.51. The Morgan fingerprint density at radius 1 is 0.906 bits per heavy atom. The molecule has 186 valence electrons. The molecule has 12 nitrogen and oxygen atoms in total. The third-order valence-electron chi connectivity index (χ3n) is 5.51. The van der Waals surface area contributed by atoms with Crippen LogP contribution in [0.25, 0.3) is 0 Å². The number of carbonyl (C=O) groups is 2. The van der Waals surface area contributed by atoms with E-state index in [4.69, 9.17) is 18.9 Å². The van der Waals surface area contributed by atoms with Gasteiger partial charge < -0.3 is 50.0 Å². The maximum absolute atomic E-state index is 12.0. The van der Waals surface area contributed by atoms with Gasteiger partial charge in [0.05, 0.1) is 36.9 Å². The molecular formula is C18H32N2O10S2. The second-order valence-corrected chi connectivity index (χ2v) is 8.21. The van der Waals surface area contributed by atoms with E-state index in [1.54, 1.807) is 6.92 Å². The minimum absolute atomic E-state index is 0.114. The first-order chi connectivity index (χ1) is 15.2. The first-order valence-corrected chi connectivity index (χ1v) is 11.4. The lowest BCUT2D eigenvalue weighted by Crippen LogP contribution is -2.69. The third kappa shape index (κ3) is 6.25. The smallest absolute Gasteiger partial charge is 0.230 e. The second kappa shape index (κ2) is 12.7. The lowest BCUT2D eigenvalue weighted by atomic mass is 9.92. The quantitative estimate of drug-likeness (QED) is 0.148. The molecule has 10 atom stereocenters. The van der Waals surface area contributed by atoms with Gasteiger partial charge in [-0.2, -0.15) is 25.3 Å². The van der Waals surface area contributed by atoms with E-state index in [1.807, 2.05) is 0 Å². The Hall–Kier alpha value is -0.680. The van der Waals surface area contributed by atoms with Crippen LogP contribution in [0.1, 0.15) is 6.92 Å². The average Bonchev–Trinajstić information content (AvgIpc) is 2.79. The molecule has 0 spiro atoms. The molecule has 6 N–H and O–H groups in total. The van der Waals surface area contributed by atoms with E-state index in [0.29, 0.717) is 0 Å². The van der Waals surface area contributed by atoms with Crippen molar-refractivity contribution >= 4 is 37.1 Å². The van der Waals surface area contributed by atoms with Crippen LogP contribution >= 0.6 is 25.3 Å². The summed E-state index contributed by atoms with van der Waals surface area (Å²) in [5.41, 5.74) is 0. The molecule has 0 aromatic rings. The zero-order valence-corrected chi connectivity index (χ0v) is 19.5. The van der Waals surface area contributed by atoms with Gasteiger partial charge in [0.15, 0.2) is 6.29 Å². The number of hydrogen-bond donors (Lipinski definition) is 8. The molecule has 2 fully saturated rings. The predicted molar refractivity (Wildman–Crippen MR) is 116 cm³/mol. The van der Waals surface area contributed by atoms with Gasteiger partial charge in [0.1, 0.15) is 42.7 Å². The molecule has 2 rings (SSSR count). The predicted octanol–water partition coefficient (Wildman–Crippen LogP) is -3.57. The van der Waals surface area contributed by atoms with Gasteiger partial charge in [0, 0.05) is 7.11 Å². The van der Waals surface area contributed by atoms with E-state index in [1.165, 1.54) is 7.11 Å². The zero-order chi connectivity index (χ0) is 24.0. The van der Waals surface area contributed by atoms with Gasteiger partial charge in [0.25, 0.3) is 0 Å². The van der Waals surface area contributed by atoms with E-state index < -0.39 is 86.1 Å². The van der Waals surface area contributed by atoms with Gasteiger partial charge in [-0.15, -0.1) is 0 Å². The lowest BCUT2D eigenvalue weighted by molar-refractivity contribution is -0.315. The number of ether oxygens (including phenoxy) is 4. The molecule has 4 unspecified atom stereocenters. The SMILES string of the molecule is CO[C@@H]1C(CO)O[C@@H](O[C@H]2C(O)C(NC(=O)CS)[C@H](C)O[C@H]2CO)C(NC(=O)CS)[C@H]1O. The first kappa shape index (κ1) is 27.6. The second-order valence-electron chi connectivity index (χ2n) is 7.57. The Morgan fingerprint density at radius 3 is 1.91 bits per heavy atom. The summed E-state index contributed by atoms with van der Waals surface area (Å²) in [7, 11) is 1.31. The average molecular weight is 501 g/mol. The summed E-state index contributed by atoms with van der Waals surface area (Å²) >= 11 is 7.81. The van der Waals surface area contributed by atoms with Crippen LogP contribution in [-0.4, -0.2) is 125 Å². The maximum atomic E-state index is 12.0. The van der Waals surface area contributed by atoms with Crippen LogP contribution in [0.15, 0.2) is 0 Å². The number of nitrogens with one attached hydrogen (secondary N) is 2. The molecule has 0 aromatic heterocycles. The highest BCUT2D eigenvalue weighted by molar-refractivity contribution is 7.81. The number of hydrogen-bond acceptors (Lipinski definition) is 12. The molecule has 0 bridgehead atoms. The summed E-state index contributed by atoms with van der Waals surface area (Å²) in [5.74, 6) is -1.27. The molecule has 0 radical (unpaired) electrons. The largest absolute Gasteiger partial charge is 0.394 e. The van der Waals surface area contributed by atoms with Crippen molar-refractivity contribution in [3.05, 3.63) is 0 Å². The van der Waals surface area contributed by atoms with Gasteiger partial charge >= 0.3 is 0 Å². The Labute approximate surface area is 196 Å². The van der Waals surface area contributed by atoms with Crippen molar-refractivity contribution in [2.45, 2.75) is 68.0 Å². The molecule has 2 heterocycles. The zero-order valence-electron chi connectivity index (χ0n) is 17.7. The molecular weight excluding hydrogens is 468 g/mol. The van der Waals surface area contributed by atoms with Crippen LogP contribution in [0.2, 0.25) is 0 Å². The van der Waals surface area contributed by atoms with E-state index in [9.17, 15) is 30.0 Å². The molecule has 0 aliphatic carbocycles. The fourth-order valence-corrected chi connectivity index (χ4v) is 4.09. The van der Waals surface area contributed by atoms with Crippen molar-refractivity contribution in [3.8, 4) is 0 Å². The summed E-state index contributed by atoms with van der Waals surface area (Å²) in [6.45, 7) is 0.576. The number of methoxy groups -OCH3 is 1. The Morgan fingerprint density at radius 2 is 1.41 bits per heavy atom. The fourth-order valence-electron chi connectivity index (χ4n) is 3.90. The van der Waals surface area contributed by atoms with E-state index in [2.05, 4.69) is 35.9 Å². The van der Waals surface area contributed by atoms with Crippen molar-refractivity contribution in [2.75, 3.05) is 31.8 Å². The van der Waals surface area contributed by atoms with Gasteiger partial charge in [-0.05, 0) is 6.92 Å². The number of thiol groups is 2. The van der Waals surface area contributed by atoms with Crippen molar-refractivity contribution in [1.29, 1.82) is 0 Å². The monoisotopic (exact) mass is 500 g/mol. The Bertz CT molecular complexity index is 633. The fraction of sp³-hybridized carbons (Fsp3) is 0.889. The molecule has 14 heteroatoms. The number of amides is 2. The topological polar surface area (TPSA) is 176 Å². The van der Waals surface area contributed by atoms with Crippen LogP contribution in [-0.2, 0) is 28.5 Å². The van der Waals surface area contributed by atoms with Crippen molar-refractivity contribution in [1.82, 2.24) is 10.6 Å². The maximum Gasteiger partial charge on any atom is 0.230 e. The van der Waals surface area contributed by atoms with Gasteiger partial charge in [-0.3, -0.25) is 9.59 Å². The minimum Gasteiger partial charge on any atom is -0.394 e. The molecule has 2 amide bonds. The number of aliphatic hydroxyl groups excluding tert-OH is 4. The Balaban J connectivity index is 2.29. The van der Waals surface area contributed by atoms with Crippen LogP contribution in [0.4, 0.5) is 0 Å². The molecule has 2 saturated heterocycles. The standard InChI is InChI=1S/C18H32N2O10S2/c1-7-12(19-10(23)5-31)14(25)17(9(4-22)28-7)30-18-13(20-11(24)6-32)15(26)16(27-2)8(3-21)29-18/h7-9,12-18,21-22,25-26,31-32H,3-6H2,1-2H3,(H,19,23)(H,20,24)/t7-,8?,9-,12?,13?,14?,15+,16+,17+,18-/m0/s1. The van der Waals surface area contributed by atoms with Crippen LogP contribution in [0.3, 0.4) is 0 Å². The molecule has 0 aromatic carbocycles. The van der Waals surface area contributed by atoms with Crippen molar-refractivity contribution in [3.63, 3.8) is 0 Å². The molecule has 0 saturated carbocycles.